The maximum absolute atomic E-state index is 13.1. The minimum atomic E-state index is -4.47. The number of amides is 3. The van der Waals surface area contributed by atoms with E-state index in [1.807, 2.05) is 5.38 Å². The first-order valence-corrected chi connectivity index (χ1v) is 8.75. The molecule has 1 aromatic heterocycles. The van der Waals surface area contributed by atoms with E-state index >= 15 is 0 Å². The standard InChI is InChI=1S/C17H16F3N3O2S/c18-17(19,20)13-5-2-1-4-11(13)9-23-10-12(8-15(23)24)21-16(25)22-14-6-3-7-26-14/h1-7,12H,8-10H2,(H2,21,22,25). The van der Waals surface area contributed by atoms with Crippen LogP contribution in [0.2, 0.25) is 0 Å². The van der Waals surface area contributed by atoms with Crippen LogP contribution in [-0.2, 0) is 17.5 Å². The lowest BCUT2D eigenvalue weighted by atomic mass is 10.1. The Morgan fingerprint density at radius 2 is 2.00 bits per heavy atom. The smallest absolute Gasteiger partial charge is 0.336 e. The Balaban J connectivity index is 1.61. The molecule has 1 atom stereocenters. The van der Waals surface area contributed by atoms with E-state index in [1.165, 1.54) is 34.4 Å². The van der Waals surface area contributed by atoms with Gasteiger partial charge in [0.15, 0.2) is 0 Å². The molecular weight excluding hydrogens is 367 g/mol. The molecule has 0 aliphatic carbocycles. The third kappa shape index (κ3) is 4.34. The van der Waals surface area contributed by atoms with Crippen molar-refractivity contribution in [1.82, 2.24) is 10.2 Å². The number of carbonyl (C=O) groups is 2. The van der Waals surface area contributed by atoms with Crippen molar-refractivity contribution in [2.24, 2.45) is 0 Å². The minimum Gasteiger partial charge on any atom is -0.336 e. The number of urea groups is 1. The quantitative estimate of drug-likeness (QED) is 0.846. The van der Waals surface area contributed by atoms with Crippen molar-refractivity contribution in [2.75, 3.05) is 11.9 Å². The van der Waals surface area contributed by atoms with Crippen LogP contribution in [0.15, 0.2) is 41.8 Å². The summed E-state index contributed by atoms with van der Waals surface area (Å²) in [5.74, 6) is -0.289. The summed E-state index contributed by atoms with van der Waals surface area (Å²) >= 11 is 1.36. The van der Waals surface area contributed by atoms with Gasteiger partial charge in [0.2, 0.25) is 5.91 Å². The van der Waals surface area contributed by atoms with Crippen molar-refractivity contribution in [2.45, 2.75) is 25.2 Å². The van der Waals surface area contributed by atoms with Gasteiger partial charge in [-0.3, -0.25) is 10.1 Å². The second-order valence-corrected chi connectivity index (χ2v) is 6.85. The molecular formula is C17H16F3N3O2S. The van der Waals surface area contributed by atoms with Crippen LogP contribution in [0, 0.1) is 0 Å². The molecule has 1 unspecified atom stereocenters. The number of thiophene rings is 1. The fourth-order valence-electron chi connectivity index (χ4n) is 2.85. The molecule has 1 saturated heterocycles. The van der Waals surface area contributed by atoms with Crippen LogP contribution in [0.3, 0.4) is 0 Å². The summed E-state index contributed by atoms with van der Waals surface area (Å²) in [6.07, 6.45) is -4.41. The molecule has 1 aliphatic rings. The molecule has 0 radical (unpaired) electrons. The molecule has 3 amide bonds. The lowest BCUT2D eigenvalue weighted by Crippen LogP contribution is -2.39. The number of hydrogen-bond donors (Lipinski definition) is 2. The van der Waals surface area contributed by atoms with E-state index in [9.17, 15) is 22.8 Å². The number of carbonyl (C=O) groups excluding carboxylic acids is 2. The zero-order valence-electron chi connectivity index (χ0n) is 13.5. The van der Waals surface area contributed by atoms with Crippen molar-refractivity contribution in [3.8, 4) is 0 Å². The van der Waals surface area contributed by atoms with Gasteiger partial charge in [-0.25, -0.2) is 4.79 Å². The monoisotopic (exact) mass is 383 g/mol. The van der Waals surface area contributed by atoms with Crippen LogP contribution in [0.4, 0.5) is 23.0 Å². The minimum absolute atomic E-state index is 0.0389. The normalized spacial score (nSPS) is 17.4. The number of alkyl halides is 3. The van der Waals surface area contributed by atoms with Crippen molar-refractivity contribution in [3.05, 3.63) is 52.9 Å². The lowest BCUT2D eigenvalue weighted by molar-refractivity contribution is -0.139. The molecule has 0 saturated carbocycles. The number of nitrogens with zero attached hydrogens (tertiary/aromatic N) is 1. The average molecular weight is 383 g/mol. The van der Waals surface area contributed by atoms with Crippen LogP contribution < -0.4 is 10.6 Å². The van der Waals surface area contributed by atoms with Crippen molar-refractivity contribution < 1.29 is 22.8 Å². The Kier molecular flexibility index (Phi) is 5.17. The Morgan fingerprint density at radius 3 is 2.69 bits per heavy atom. The first-order valence-electron chi connectivity index (χ1n) is 7.87. The van der Waals surface area contributed by atoms with E-state index in [-0.39, 0.29) is 31.0 Å². The molecule has 1 aliphatic heterocycles. The summed E-state index contributed by atoms with van der Waals surface area (Å²) in [7, 11) is 0. The van der Waals surface area contributed by atoms with Gasteiger partial charge in [0, 0.05) is 19.5 Å². The van der Waals surface area contributed by atoms with E-state index < -0.39 is 23.8 Å². The molecule has 3 rings (SSSR count). The molecule has 9 heteroatoms. The molecule has 2 heterocycles. The molecule has 2 aromatic rings. The summed E-state index contributed by atoms with van der Waals surface area (Å²) in [5, 5.41) is 7.81. The van der Waals surface area contributed by atoms with Gasteiger partial charge in [-0.2, -0.15) is 13.2 Å². The Labute approximate surface area is 151 Å². The molecule has 0 spiro atoms. The van der Waals surface area contributed by atoms with Crippen LogP contribution in [-0.4, -0.2) is 29.4 Å². The van der Waals surface area contributed by atoms with E-state index in [2.05, 4.69) is 10.6 Å². The molecule has 1 aromatic carbocycles. The van der Waals surface area contributed by atoms with E-state index in [4.69, 9.17) is 0 Å². The number of likely N-dealkylation sites (tertiary alicyclic amines) is 1. The van der Waals surface area contributed by atoms with Gasteiger partial charge >= 0.3 is 12.2 Å². The average Bonchev–Trinajstić information content (AvgIpc) is 3.17. The van der Waals surface area contributed by atoms with Gasteiger partial charge in [-0.15, -0.1) is 11.3 Å². The third-order valence-electron chi connectivity index (χ3n) is 3.99. The van der Waals surface area contributed by atoms with Gasteiger partial charge in [-0.05, 0) is 29.1 Å². The maximum atomic E-state index is 13.1. The summed E-state index contributed by atoms with van der Waals surface area (Å²) in [5.41, 5.74) is -0.711. The molecule has 0 bridgehead atoms. The molecule has 26 heavy (non-hydrogen) atoms. The first kappa shape index (κ1) is 18.2. The van der Waals surface area contributed by atoms with Crippen LogP contribution in [0.5, 0.6) is 0 Å². The van der Waals surface area contributed by atoms with Gasteiger partial charge in [-0.1, -0.05) is 18.2 Å². The highest BCUT2D eigenvalue weighted by Gasteiger charge is 2.35. The summed E-state index contributed by atoms with van der Waals surface area (Å²) in [6, 6.07) is 7.83. The Bertz CT molecular complexity index is 793. The predicted molar refractivity (Wildman–Crippen MR) is 91.7 cm³/mol. The van der Waals surface area contributed by atoms with E-state index in [0.29, 0.717) is 5.00 Å². The molecule has 138 valence electrons. The highest BCUT2D eigenvalue weighted by Crippen LogP contribution is 2.32. The molecule has 1 fully saturated rings. The molecule has 2 N–H and O–H groups in total. The summed E-state index contributed by atoms with van der Waals surface area (Å²) in [6.45, 7) is 0.0299. The van der Waals surface area contributed by atoms with Gasteiger partial charge in [0.05, 0.1) is 16.6 Å². The first-order chi connectivity index (χ1) is 12.3. The van der Waals surface area contributed by atoms with E-state index in [0.717, 1.165) is 6.07 Å². The zero-order chi connectivity index (χ0) is 18.7. The number of nitrogens with one attached hydrogen (secondary N) is 2. The third-order valence-corrected chi connectivity index (χ3v) is 4.78. The van der Waals surface area contributed by atoms with Crippen LogP contribution in [0.25, 0.3) is 0 Å². The Morgan fingerprint density at radius 1 is 1.23 bits per heavy atom. The largest absolute Gasteiger partial charge is 0.416 e. The van der Waals surface area contributed by atoms with Gasteiger partial charge < -0.3 is 10.2 Å². The maximum Gasteiger partial charge on any atom is 0.416 e. The number of rotatable bonds is 4. The zero-order valence-corrected chi connectivity index (χ0v) is 14.4. The highest BCUT2D eigenvalue weighted by molar-refractivity contribution is 7.14. The summed E-state index contributed by atoms with van der Waals surface area (Å²) in [4.78, 5) is 25.4. The van der Waals surface area contributed by atoms with Crippen molar-refractivity contribution in [1.29, 1.82) is 0 Å². The highest BCUT2D eigenvalue weighted by atomic mass is 32.1. The fourth-order valence-corrected chi connectivity index (χ4v) is 3.46. The number of hydrogen-bond acceptors (Lipinski definition) is 3. The van der Waals surface area contributed by atoms with Crippen molar-refractivity contribution in [3.63, 3.8) is 0 Å². The van der Waals surface area contributed by atoms with Gasteiger partial charge in [0.25, 0.3) is 0 Å². The second-order valence-electron chi connectivity index (χ2n) is 5.91. The number of benzene rings is 1. The molecule has 5 nitrogen and oxygen atoms in total. The lowest BCUT2D eigenvalue weighted by Gasteiger charge is -2.20. The fraction of sp³-hybridized carbons (Fsp3) is 0.294. The van der Waals surface area contributed by atoms with Crippen LogP contribution >= 0.6 is 11.3 Å². The number of halogens is 3. The van der Waals surface area contributed by atoms with Crippen LogP contribution in [0.1, 0.15) is 17.5 Å². The summed E-state index contributed by atoms with van der Waals surface area (Å²) < 4.78 is 39.2. The van der Waals surface area contributed by atoms with E-state index in [1.54, 1.807) is 12.1 Å². The van der Waals surface area contributed by atoms with Gasteiger partial charge in [0.1, 0.15) is 0 Å². The predicted octanol–water partition coefficient (Wildman–Crippen LogP) is 3.69. The topological polar surface area (TPSA) is 61.4 Å². The second kappa shape index (κ2) is 7.36. The van der Waals surface area contributed by atoms with Crippen molar-refractivity contribution >= 4 is 28.3 Å². The SMILES string of the molecule is O=C(Nc1cccs1)NC1CC(=O)N(Cc2ccccc2C(F)(F)F)C1. The Hall–Kier alpha value is -2.55. The number of anilines is 1.